The lowest BCUT2D eigenvalue weighted by Gasteiger charge is -2.28. The van der Waals surface area contributed by atoms with E-state index in [4.69, 9.17) is 0 Å². The lowest BCUT2D eigenvalue weighted by molar-refractivity contribution is -0.115. The first-order chi connectivity index (χ1) is 18.6. The summed E-state index contributed by atoms with van der Waals surface area (Å²) in [4.78, 5) is 40.0. The number of carbonyl (C=O) groups is 2. The minimum absolute atomic E-state index is 0.208. The average molecular weight is 497 g/mol. The second kappa shape index (κ2) is 7.04. The van der Waals surface area contributed by atoms with Crippen LogP contribution in [0.2, 0.25) is 0 Å². The van der Waals surface area contributed by atoms with Crippen molar-refractivity contribution < 1.29 is 9.59 Å². The topological polar surface area (TPSA) is 97.3 Å². The maximum absolute atomic E-state index is 12.8. The van der Waals surface area contributed by atoms with Gasteiger partial charge in [0.25, 0.3) is 0 Å². The first-order valence-corrected chi connectivity index (χ1v) is 13.4. The molecule has 0 spiro atoms. The summed E-state index contributed by atoms with van der Waals surface area (Å²) in [7, 11) is 0. The third-order valence-electron chi connectivity index (χ3n) is 8.89. The number of nitrogens with one attached hydrogen (secondary N) is 4. The Morgan fingerprint density at radius 3 is 1.32 bits per heavy atom. The van der Waals surface area contributed by atoms with E-state index in [1.807, 2.05) is 0 Å². The maximum Gasteiger partial charge on any atom is 0.163 e. The summed E-state index contributed by atoms with van der Waals surface area (Å²) in [6.07, 6.45) is 15.8. The number of carbonyl (C=O) groups excluding carboxylic acids is 2. The molecule has 1 unspecified atom stereocenters. The van der Waals surface area contributed by atoms with Crippen molar-refractivity contribution >= 4 is 47.0 Å². The zero-order valence-corrected chi connectivity index (χ0v) is 20.6. The molecule has 0 amide bonds. The van der Waals surface area contributed by atoms with Crippen LogP contribution in [0.3, 0.4) is 0 Å². The number of hydrogen-bond donors (Lipinski definition) is 4. The van der Waals surface area contributed by atoms with E-state index in [-0.39, 0.29) is 23.4 Å². The molecule has 11 rings (SSSR count). The van der Waals surface area contributed by atoms with E-state index in [2.05, 4.69) is 80.7 Å². The molecule has 5 heterocycles. The van der Waals surface area contributed by atoms with Crippen LogP contribution in [0.25, 0.3) is 35.5 Å². The Morgan fingerprint density at radius 2 is 0.921 bits per heavy atom. The molecule has 6 nitrogen and oxygen atoms in total. The van der Waals surface area contributed by atoms with Gasteiger partial charge >= 0.3 is 0 Å². The van der Waals surface area contributed by atoms with Crippen LogP contribution in [-0.4, -0.2) is 31.5 Å². The van der Waals surface area contributed by atoms with Crippen LogP contribution in [0.4, 0.5) is 0 Å². The van der Waals surface area contributed by atoms with Crippen molar-refractivity contribution in [2.45, 2.75) is 37.5 Å². The molecule has 2 atom stereocenters. The second-order valence-corrected chi connectivity index (χ2v) is 11.2. The summed E-state index contributed by atoms with van der Waals surface area (Å²) in [5.74, 6) is 0.902. The van der Waals surface area contributed by atoms with E-state index in [0.717, 1.165) is 79.3 Å². The number of H-pyrrole nitrogens is 4. The first kappa shape index (κ1) is 20.5. The van der Waals surface area contributed by atoms with Crippen molar-refractivity contribution in [1.29, 1.82) is 0 Å². The zero-order chi connectivity index (χ0) is 25.1. The Morgan fingerprint density at radius 1 is 0.526 bits per heavy atom. The Hall–Kier alpha value is -4.58. The second-order valence-electron chi connectivity index (χ2n) is 11.2. The number of fused-ring (bicyclic) bond motifs is 12. The van der Waals surface area contributed by atoms with Crippen LogP contribution < -0.4 is 21.4 Å². The smallest absolute Gasteiger partial charge is 0.163 e. The fraction of sp³-hybridized carbons (Fsp3) is 0.188. The number of Topliss-reactive ketones (excluding diaryl/α,β-unsaturated/α-hetero) is 2. The Bertz CT molecular complexity index is 1930. The maximum atomic E-state index is 12.8. The molecule has 1 aliphatic heterocycles. The predicted molar refractivity (Wildman–Crippen MR) is 146 cm³/mol. The van der Waals surface area contributed by atoms with Crippen LogP contribution in [0.5, 0.6) is 0 Å². The highest BCUT2D eigenvalue weighted by Crippen LogP contribution is 2.41. The van der Waals surface area contributed by atoms with Gasteiger partial charge in [-0.25, -0.2) is 0 Å². The molecule has 0 radical (unpaired) electrons. The third kappa shape index (κ3) is 2.72. The Balaban J connectivity index is 1.36. The number of aromatic nitrogens is 4. The molecule has 6 aliphatic carbocycles. The molecular weight excluding hydrogens is 472 g/mol. The van der Waals surface area contributed by atoms with Gasteiger partial charge in [-0.1, -0.05) is 12.2 Å². The van der Waals surface area contributed by atoms with Crippen molar-refractivity contribution in [2.24, 2.45) is 0 Å². The van der Waals surface area contributed by atoms with Crippen molar-refractivity contribution in [3.8, 4) is 0 Å². The van der Waals surface area contributed by atoms with Gasteiger partial charge < -0.3 is 19.9 Å². The first-order valence-electron chi connectivity index (χ1n) is 13.4. The largest absolute Gasteiger partial charge is 0.355 e. The summed E-state index contributed by atoms with van der Waals surface area (Å²) in [5.41, 5.74) is 10.3. The molecule has 0 fully saturated rings. The quantitative estimate of drug-likeness (QED) is 0.265. The molecule has 0 aromatic carbocycles. The monoisotopic (exact) mass is 496 g/mol. The van der Waals surface area contributed by atoms with Crippen LogP contribution in [0.1, 0.15) is 82.5 Å². The minimum atomic E-state index is 0.208. The number of allylic oxidation sites excluding steroid dienone is 4. The van der Waals surface area contributed by atoms with Crippen LogP contribution in [-0.2, 0) is 9.59 Å². The van der Waals surface area contributed by atoms with Gasteiger partial charge in [-0.05, 0) is 84.4 Å². The normalized spacial score (nSPS) is 22.0. The molecule has 4 aromatic rings. The molecule has 12 bridgehead atoms. The van der Waals surface area contributed by atoms with Crippen molar-refractivity contribution in [1.82, 2.24) is 19.9 Å². The average Bonchev–Trinajstić information content (AvgIpc) is 3.69. The molecule has 7 aliphatic rings. The minimum Gasteiger partial charge on any atom is -0.355 e. The van der Waals surface area contributed by atoms with Gasteiger partial charge in [0.05, 0.1) is 0 Å². The van der Waals surface area contributed by atoms with Gasteiger partial charge in [-0.2, -0.15) is 0 Å². The summed E-state index contributed by atoms with van der Waals surface area (Å²) in [6, 6.07) is 8.33. The van der Waals surface area contributed by atoms with Gasteiger partial charge in [-0.3, -0.25) is 9.59 Å². The summed E-state index contributed by atoms with van der Waals surface area (Å²) in [5, 5.41) is 4.05. The van der Waals surface area contributed by atoms with Crippen LogP contribution in [0.15, 0.2) is 36.4 Å². The lowest BCUT2D eigenvalue weighted by atomic mass is 9.73. The molecule has 184 valence electrons. The molecule has 0 saturated heterocycles. The van der Waals surface area contributed by atoms with Crippen molar-refractivity contribution in [2.75, 3.05) is 0 Å². The van der Waals surface area contributed by atoms with Gasteiger partial charge in [0, 0.05) is 79.3 Å². The van der Waals surface area contributed by atoms with Crippen LogP contribution >= 0.6 is 0 Å². The van der Waals surface area contributed by atoms with E-state index >= 15 is 0 Å². The number of aromatic amines is 4. The SMILES string of the molecule is O=C1CC2CC=C1c1c2c2[nH]c1=Cc1ccc([nH]1)C=c1[nH]c(c3c1[C@@H]1CC=C3C(=O)C1)=Cc1ccc([nH]1)C=2. The highest BCUT2D eigenvalue weighted by molar-refractivity contribution is 6.24. The zero-order valence-electron chi connectivity index (χ0n) is 20.6. The highest BCUT2D eigenvalue weighted by atomic mass is 16.1. The van der Waals surface area contributed by atoms with E-state index in [0.29, 0.717) is 12.8 Å². The number of rotatable bonds is 0. The van der Waals surface area contributed by atoms with Crippen molar-refractivity contribution in [3.63, 3.8) is 0 Å². The van der Waals surface area contributed by atoms with Gasteiger partial charge in [-0.15, -0.1) is 0 Å². The summed E-state index contributed by atoms with van der Waals surface area (Å²) < 4.78 is 0. The van der Waals surface area contributed by atoms with E-state index in [9.17, 15) is 9.59 Å². The molecule has 6 heteroatoms. The number of hydrogen-bond acceptors (Lipinski definition) is 2. The van der Waals surface area contributed by atoms with E-state index < -0.39 is 0 Å². The molecule has 4 N–H and O–H groups in total. The van der Waals surface area contributed by atoms with Gasteiger partial charge in [0.1, 0.15) is 0 Å². The van der Waals surface area contributed by atoms with Gasteiger partial charge in [0.2, 0.25) is 0 Å². The molecule has 4 aromatic heterocycles. The van der Waals surface area contributed by atoms with Gasteiger partial charge in [0.15, 0.2) is 11.6 Å². The Labute approximate surface area is 216 Å². The standard InChI is InChI=1S/C32H24N4O2/c37-27-9-15-1-7-21(27)31-25-13-19-6-4-18(34-19)12-24-30-16-2-8-22(28(38)10-16)32(30)26(36-24)14-20-5-3-17(33-20)11-23(35-25)29(15)31/h3-8,11-16,33-36H,1-2,9-10H2/t15-,16?/m1/s1. The van der Waals surface area contributed by atoms with E-state index in [1.165, 1.54) is 11.1 Å². The molecular formula is C32H24N4O2. The summed E-state index contributed by atoms with van der Waals surface area (Å²) >= 11 is 0. The fourth-order valence-corrected chi connectivity index (χ4v) is 7.30. The molecule has 38 heavy (non-hydrogen) atoms. The van der Waals surface area contributed by atoms with Crippen molar-refractivity contribution in [3.05, 3.63) is 103 Å². The number of ketones is 2. The predicted octanol–water partition coefficient (Wildman–Crippen LogP) is 2.31. The highest BCUT2D eigenvalue weighted by Gasteiger charge is 2.37. The lowest BCUT2D eigenvalue weighted by Crippen LogP contribution is -2.27. The third-order valence-corrected chi connectivity index (χ3v) is 8.89. The summed E-state index contributed by atoms with van der Waals surface area (Å²) in [6.45, 7) is 0. The van der Waals surface area contributed by atoms with Crippen LogP contribution in [0, 0.1) is 0 Å². The fourth-order valence-electron chi connectivity index (χ4n) is 7.30. The molecule has 0 saturated carbocycles. The Kier molecular flexibility index (Phi) is 3.79. The van der Waals surface area contributed by atoms with E-state index in [1.54, 1.807) is 0 Å².